The lowest BCUT2D eigenvalue weighted by atomic mass is 9.89. The van der Waals surface area contributed by atoms with Crippen molar-refractivity contribution in [2.45, 2.75) is 32.7 Å². The molecule has 4 N–H and O–H groups in total. The molecule has 132 valence electrons. The van der Waals surface area contributed by atoms with Gasteiger partial charge in [-0.25, -0.2) is 0 Å². The quantitative estimate of drug-likeness (QED) is 0.356. The molecular weight excluding hydrogens is 323 g/mol. The molecule has 0 bridgehead atoms. The van der Waals surface area contributed by atoms with Gasteiger partial charge in [0.2, 0.25) is 5.91 Å². The number of piperidine rings is 1. The lowest BCUT2D eigenvalue weighted by Gasteiger charge is -2.33. The Kier molecular flexibility index (Phi) is 7.41. The van der Waals surface area contributed by atoms with Crippen LogP contribution in [0.2, 0.25) is 0 Å². The minimum absolute atomic E-state index is 0.0211. The number of esters is 1. The van der Waals surface area contributed by atoms with E-state index in [0.717, 1.165) is 0 Å². The molecule has 0 aromatic rings. The van der Waals surface area contributed by atoms with E-state index in [2.05, 4.69) is 0 Å². The van der Waals surface area contributed by atoms with Crippen LogP contribution in [0.5, 0.6) is 0 Å². The molecule has 0 aliphatic carbocycles. The maximum atomic E-state index is 11.6. The van der Waals surface area contributed by atoms with Crippen LogP contribution in [0.3, 0.4) is 0 Å². The fourth-order valence-corrected chi connectivity index (χ4v) is 3.50. The Balaban J connectivity index is 2.87. The molecule has 0 aromatic heterocycles. The maximum absolute atomic E-state index is 11.6. The average Bonchev–Trinajstić information content (AvgIpc) is 2.45. The summed E-state index contributed by atoms with van der Waals surface area (Å²) in [5.74, 6) is -0.761. The number of allylic oxidation sites excluding steroid dienone is 1. The van der Waals surface area contributed by atoms with Gasteiger partial charge in [0, 0.05) is 20.0 Å². The van der Waals surface area contributed by atoms with E-state index in [9.17, 15) is 23.9 Å². The monoisotopic (exact) mass is 348 g/mol. The van der Waals surface area contributed by atoms with E-state index in [1.807, 2.05) is 0 Å². The van der Waals surface area contributed by atoms with Gasteiger partial charge in [-0.3, -0.25) is 14.2 Å². The first-order chi connectivity index (χ1) is 10.6. The van der Waals surface area contributed by atoms with Crippen LogP contribution in [0.15, 0.2) is 11.6 Å². The van der Waals surface area contributed by atoms with Gasteiger partial charge in [0.15, 0.2) is 0 Å². The summed E-state index contributed by atoms with van der Waals surface area (Å²) in [5.41, 5.74) is 6.20. The number of carbonyl (C=O) groups is 2. The van der Waals surface area contributed by atoms with E-state index in [0.29, 0.717) is 31.5 Å². The zero-order valence-corrected chi connectivity index (χ0v) is 14.4. The molecule has 1 fully saturated rings. The molecule has 1 saturated heterocycles. The number of carbonyl (C=O) groups excluding carboxylic acids is 2. The molecule has 1 amide bonds. The van der Waals surface area contributed by atoms with Crippen molar-refractivity contribution in [2.24, 2.45) is 11.7 Å². The van der Waals surface area contributed by atoms with E-state index in [1.165, 1.54) is 13.0 Å². The van der Waals surface area contributed by atoms with Crippen LogP contribution >= 0.6 is 7.60 Å². The minimum atomic E-state index is -4.28. The topological polar surface area (TPSA) is 130 Å². The molecule has 23 heavy (non-hydrogen) atoms. The molecule has 1 aliphatic heterocycles. The van der Waals surface area contributed by atoms with E-state index in [4.69, 9.17) is 10.5 Å². The number of likely N-dealkylation sites (tertiary alicyclic amines) is 1. The van der Waals surface area contributed by atoms with Crippen molar-refractivity contribution in [3.05, 3.63) is 11.6 Å². The van der Waals surface area contributed by atoms with Gasteiger partial charge < -0.3 is 25.2 Å². The van der Waals surface area contributed by atoms with Gasteiger partial charge in [0.05, 0.1) is 12.8 Å². The second kappa shape index (κ2) is 8.59. The predicted molar refractivity (Wildman–Crippen MR) is 84.6 cm³/mol. The highest BCUT2D eigenvalue weighted by Crippen LogP contribution is 2.40. The van der Waals surface area contributed by atoms with Crippen molar-refractivity contribution in [3.8, 4) is 0 Å². The third-order valence-corrected chi connectivity index (χ3v) is 4.58. The van der Waals surface area contributed by atoms with Crippen molar-refractivity contribution in [3.63, 3.8) is 0 Å². The number of hydrogen-bond donors (Lipinski definition) is 3. The van der Waals surface area contributed by atoms with Gasteiger partial charge in [0.1, 0.15) is 6.04 Å². The van der Waals surface area contributed by atoms with Crippen LogP contribution in [0.25, 0.3) is 0 Å². The number of hydrogen-bond acceptors (Lipinski definition) is 5. The van der Waals surface area contributed by atoms with Crippen LogP contribution in [-0.2, 0) is 18.9 Å². The molecule has 1 unspecified atom stereocenters. The highest BCUT2D eigenvalue weighted by atomic mass is 31.2. The van der Waals surface area contributed by atoms with E-state index in [1.54, 1.807) is 11.8 Å². The lowest BCUT2D eigenvalue weighted by molar-refractivity contribution is -0.143. The summed E-state index contributed by atoms with van der Waals surface area (Å²) in [4.78, 5) is 43.2. The van der Waals surface area contributed by atoms with Crippen LogP contribution < -0.4 is 5.73 Å². The van der Waals surface area contributed by atoms with E-state index in [-0.39, 0.29) is 18.4 Å². The summed E-state index contributed by atoms with van der Waals surface area (Å²) in [7, 11) is -4.28. The van der Waals surface area contributed by atoms with Gasteiger partial charge in [-0.15, -0.1) is 0 Å². The standard InChI is InChI=1S/C14H25N2O6P/c1-3-22-14(18)13(15)8-12(9-23(19,20)21)11-4-6-16(7-5-11)10(2)17/h8,11,13H,3-7,9,15H2,1-2H3,(H2,19,20,21). The summed E-state index contributed by atoms with van der Waals surface area (Å²) in [6.07, 6.45) is 2.12. The zero-order valence-electron chi connectivity index (χ0n) is 13.5. The summed E-state index contributed by atoms with van der Waals surface area (Å²) >= 11 is 0. The van der Waals surface area contributed by atoms with Crippen molar-refractivity contribution >= 4 is 19.5 Å². The molecule has 9 heteroatoms. The average molecular weight is 348 g/mol. The van der Waals surface area contributed by atoms with Gasteiger partial charge >= 0.3 is 13.6 Å². The molecule has 1 heterocycles. The summed E-state index contributed by atoms with van der Waals surface area (Å²) in [6.45, 7) is 4.37. The third kappa shape index (κ3) is 6.83. The van der Waals surface area contributed by atoms with Gasteiger partial charge in [-0.05, 0) is 25.7 Å². The Bertz CT molecular complexity index is 507. The lowest BCUT2D eigenvalue weighted by Crippen LogP contribution is -2.38. The number of nitrogens with two attached hydrogens (primary N) is 1. The Morgan fingerprint density at radius 3 is 2.39 bits per heavy atom. The first-order valence-electron chi connectivity index (χ1n) is 7.57. The van der Waals surface area contributed by atoms with E-state index < -0.39 is 25.8 Å². The molecule has 1 rings (SSSR count). The molecule has 1 atom stereocenters. The van der Waals surface area contributed by atoms with Gasteiger partial charge in [-0.1, -0.05) is 11.6 Å². The van der Waals surface area contributed by atoms with Crippen molar-refractivity contribution < 1.29 is 28.7 Å². The van der Waals surface area contributed by atoms with E-state index >= 15 is 0 Å². The first-order valence-corrected chi connectivity index (χ1v) is 9.36. The first kappa shape index (κ1) is 19.8. The second-order valence-corrected chi connectivity index (χ2v) is 7.27. The highest BCUT2D eigenvalue weighted by molar-refractivity contribution is 7.52. The Hall–Kier alpha value is -1.21. The van der Waals surface area contributed by atoms with Gasteiger partial charge in [0.25, 0.3) is 0 Å². The van der Waals surface area contributed by atoms with Crippen LogP contribution in [0, 0.1) is 5.92 Å². The predicted octanol–water partition coefficient (Wildman–Crippen LogP) is 0.239. The Morgan fingerprint density at radius 2 is 1.96 bits per heavy atom. The Morgan fingerprint density at radius 1 is 1.39 bits per heavy atom. The van der Waals surface area contributed by atoms with Crippen molar-refractivity contribution in [1.82, 2.24) is 4.90 Å². The number of amides is 1. The highest BCUT2D eigenvalue weighted by Gasteiger charge is 2.28. The molecule has 0 saturated carbocycles. The largest absolute Gasteiger partial charge is 0.465 e. The molecule has 0 radical (unpaired) electrons. The van der Waals surface area contributed by atoms with Crippen molar-refractivity contribution in [2.75, 3.05) is 25.9 Å². The number of ether oxygens (including phenoxy) is 1. The summed E-state index contributed by atoms with van der Waals surface area (Å²) < 4.78 is 16.2. The second-order valence-electron chi connectivity index (χ2n) is 5.62. The fourth-order valence-electron chi connectivity index (χ4n) is 2.66. The minimum Gasteiger partial charge on any atom is -0.465 e. The van der Waals surface area contributed by atoms with Crippen LogP contribution in [0.1, 0.15) is 26.7 Å². The summed E-state index contributed by atoms with van der Waals surface area (Å²) in [5, 5.41) is 0. The molecule has 0 aromatic carbocycles. The Labute approximate surface area is 135 Å². The molecular formula is C14H25N2O6P. The SMILES string of the molecule is CCOC(=O)C(N)C=C(CP(=O)(O)O)C1CCN(C(C)=O)CC1. The number of nitrogens with zero attached hydrogens (tertiary/aromatic N) is 1. The van der Waals surface area contributed by atoms with Crippen molar-refractivity contribution in [1.29, 1.82) is 0 Å². The van der Waals surface area contributed by atoms with Crippen LogP contribution in [0.4, 0.5) is 0 Å². The molecule has 8 nitrogen and oxygen atoms in total. The molecule has 1 aliphatic rings. The maximum Gasteiger partial charge on any atom is 0.329 e. The zero-order chi connectivity index (χ0) is 17.6. The summed E-state index contributed by atoms with van der Waals surface area (Å²) in [6, 6.07) is -1.05. The third-order valence-electron chi connectivity index (χ3n) is 3.81. The van der Waals surface area contributed by atoms with Gasteiger partial charge in [-0.2, -0.15) is 0 Å². The fraction of sp³-hybridized carbons (Fsp3) is 0.714. The number of rotatable bonds is 6. The normalized spacial score (nSPS) is 18.7. The van der Waals surface area contributed by atoms with Crippen LogP contribution in [-0.4, -0.2) is 58.5 Å². The smallest absolute Gasteiger partial charge is 0.329 e. The molecule has 0 spiro atoms.